The molecule has 0 unspecified atom stereocenters. The second-order valence-electron chi connectivity index (χ2n) is 10.1. The van der Waals surface area contributed by atoms with Gasteiger partial charge in [0, 0.05) is 43.6 Å². The molecule has 4 nitrogen and oxygen atoms in total. The van der Waals surface area contributed by atoms with Crippen LogP contribution < -0.4 is 5.32 Å². The molecule has 198 valence electrons. The number of allylic oxidation sites excluding steroid dienone is 1. The van der Waals surface area contributed by atoms with Crippen LogP contribution in [0.2, 0.25) is 0 Å². The molecular formula is C30H37F3N4. The van der Waals surface area contributed by atoms with Crippen molar-refractivity contribution in [1.29, 1.82) is 0 Å². The molecule has 0 aliphatic carbocycles. The van der Waals surface area contributed by atoms with Crippen molar-refractivity contribution >= 4 is 11.4 Å². The smallest absolute Gasteiger partial charge is 0.351 e. The number of rotatable bonds is 7. The van der Waals surface area contributed by atoms with Crippen LogP contribution in [0.25, 0.3) is 0 Å². The van der Waals surface area contributed by atoms with Gasteiger partial charge in [0.2, 0.25) is 0 Å². The molecule has 4 rings (SSSR count). The van der Waals surface area contributed by atoms with Gasteiger partial charge >= 0.3 is 6.18 Å². The van der Waals surface area contributed by atoms with Gasteiger partial charge in [0.1, 0.15) is 0 Å². The Bertz CT molecular complexity index is 1160. The fourth-order valence-electron chi connectivity index (χ4n) is 5.19. The van der Waals surface area contributed by atoms with Crippen LogP contribution in [0, 0.1) is 0 Å². The van der Waals surface area contributed by atoms with Crippen LogP contribution in [0.1, 0.15) is 63.1 Å². The number of para-hydroxylation sites is 1. The normalized spacial score (nSPS) is 18.4. The molecule has 0 radical (unpaired) electrons. The van der Waals surface area contributed by atoms with Crippen molar-refractivity contribution < 1.29 is 13.2 Å². The molecule has 2 aromatic carbocycles. The molecule has 1 N–H and O–H groups in total. The van der Waals surface area contributed by atoms with E-state index < -0.39 is 11.7 Å². The zero-order valence-electron chi connectivity index (χ0n) is 22.0. The molecule has 7 heteroatoms. The lowest BCUT2D eigenvalue weighted by atomic mass is 10.00. The van der Waals surface area contributed by atoms with Gasteiger partial charge in [0.25, 0.3) is 0 Å². The number of piperidine rings is 1. The molecule has 37 heavy (non-hydrogen) atoms. The Balaban J connectivity index is 1.42. The molecule has 0 saturated carbocycles. The molecule has 1 fully saturated rings. The first-order chi connectivity index (χ1) is 17.7. The average Bonchev–Trinajstić information content (AvgIpc) is 2.88. The van der Waals surface area contributed by atoms with E-state index >= 15 is 0 Å². The number of nitrogens with zero attached hydrogens (tertiary/aromatic N) is 3. The zero-order valence-corrected chi connectivity index (χ0v) is 22.0. The van der Waals surface area contributed by atoms with Crippen LogP contribution >= 0.6 is 0 Å². The lowest BCUT2D eigenvalue weighted by molar-refractivity contribution is -0.137. The van der Waals surface area contributed by atoms with Crippen LogP contribution in [-0.2, 0) is 12.7 Å². The van der Waals surface area contributed by atoms with Gasteiger partial charge in [0.05, 0.1) is 17.1 Å². The molecule has 2 heterocycles. The third-order valence-corrected chi connectivity index (χ3v) is 7.41. The molecule has 2 aliphatic heterocycles. The maximum absolute atomic E-state index is 13.0. The van der Waals surface area contributed by atoms with Crippen molar-refractivity contribution in [3.8, 4) is 0 Å². The first kappa shape index (κ1) is 27.0. The van der Waals surface area contributed by atoms with Crippen molar-refractivity contribution in [2.45, 2.75) is 65.2 Å². The quantitative estimate of drug-likeness (QED) is 0.393. The van der Waals surface area contributed by atoms with E-state index in [9.17, 15) is 13.2 Å². The van der Waals surface area contributed by atoms with E-state index in [0.29, 0.717) is 11.6 Å². The summed E-state index contributed by atoms with van der Waals surface area (Å²) in [6.07, 6.45) is -0.264. The Morgan fingerprint density at radius 2 is 1.73 bits per heavy atom. The summed E-state index contributed by atoms with van der Waals surface area (Å²) in [7, 11) is 0. The van der Waals surface area contributed by atoms with Crippen molar-refractivity contribution in [1.82, 2.24) is 9.80 Å². The van der Waals surface area contributed by atoms with Crippen LogP contribution in [0.3, 0.4) is 0 Å². The molecule has 0 aromatic heterocycles. The molecule has 1 saturated heterocycles. The molecular weight excluding hydrogens is 473 g/mol. The van der Waals surface area contributed by atoms with Crippen molar-refractivity contribution in [3.63, 3.8) is 0 Å². The Morgan fingerprint density at radius 1 is 1.05 bits per heavy atom. The molecule has 2 aromatic rings. The minimum Gasteiger partial charge on any atom is -0.351 e. The van der Waals surface area contributed by atoms with E-state index in [4.69, 9.17) is 4.99 Å². The Morgan fingerprint density at radius 3 is 2.38 bits per heavy atom. The highest BCUT2D eigenvalue weighted by Crippen LogP contribution is 2.31. The molecule has 2 aliphatic rings. The van der Waals surface area contributed by atoms with Crippen molar-refractivity contribution in [3.05, 3.63) is 88.9 Å². The summed E-state index contributed by atoms with van der Waals surface area (Å²) in [6.45, 7) is 14.0. The van der Waals surface area contributed by atoms with Gasteiger partial charge < -0.3 is 10.2 Å². The highest BCUT2D eigenvalue weighted by atomic mass is 19.4. The van der Waals surface area contributed by atoms with E-state index in [-0.39, 0.29) is 0 Å². The molecule has 0 amide bonds. The number of halogens is 3. The Labute approximate surface area is 218 Å². The number of likely N-dealkylation sites (tertiary alicyclic amines) is 1. The summed E-state index contributed by atoms with van der Waals surface area (Å²) >= 11 is 0. The third-order valence-electron chi connectivity index (χ3n) is 7.41. The number of benzene rings is 2. The third kappa shape index (κ3) is 6.63. The second kappa shape index (κ2) is 11.5. The summed E-state index contributed by atoms with van der Waals surface area (Å²) in [5.74, 6) is 0.966. The summed E-state index contributed by atoms with van der Waals surface area (Å²) in [5.41, 5.74) is 5.51. The Kier molecular flexibility index (Phi) is 8.42. The predicted molar refractivity (Wildman–Crippen MR) is 145 cm³/mol. The van der Waals surface area contributed by atoms with Gasteiger partial charge in [-0.3, -0.25) is 9.89 Å². The van der Waals surface area contributed by atoms with E-state index in [1.807, 2.05) is 13.0 Å². The fourth-order valence-corrected chi connectivity index (χ4v) is 5.19. The largest absolute Gasteiger partial charge is 0.416 e. The van der Waals surface area contributed by atoms with Gasteiger partial charge in [-0.25, -0.2) is 0 Å². The maximum atomic E-state index is 13.0. The van der Waals surface area contributed by atoms with E-state index in [1.54, 1.807) is 0 Å². The monoisotopic (exact) mass is 510 g/mol. The van der Waals surface area contributed by atoms with E-state index in [1.165, 1.54) is 23.3 Å². The van der Waals surface area contributed by atoms with E-state index in [2.05, 4.69) is 53.7 Å². The Hall–Kier alpha value is -3.06. The van der Waals surface area contributed by atoms with Crippen molar-refractivity contribution in [2.24, 2.45) is 4.99 Å². The van der Waals surface area contributed by atoms with Gasteiger partial charge in [0.15, 0.2) is 0 Å². The molecule has 0 spiro atoms. The standard InChI is InChI=1S/C30H37F3N4/c1-5-8-21(2)29(34-22(3)24-11-13-26(14-12-24)30(31,32)33)20-36-17-15-27(16-18-36)37-19-25-9-6-7-10-28(25)35-23(37)4/h6-7,9-14,27,35H,4-5,8,15-20H2,1-3H3/b29-21+,34-22?. The minimum absolute atomic E-state index is 0.436. The number of hydrogen-bond acceptors (Lipinski definition) is 4. The van der Waals surface area contributed by atoms with Gasteiger partial charge in [-0.15, -0.1) is 0 Å². The van der Waals surface area contributed by atoms with E-state index in [0.717, 1.165) is 86.9 Å². The number of fused-ring (bicyclic) bond motifs is 1. The van der Waals surface area contributed by atoms with Crippen LogP contribution in [0.15, 0.2) is 77.2 Å². The number of hydrogen-bond donors (Lipinski definition) is 1. The lowest BCUT2D eigenvalue weighted by Crippen LogP contribution is -2.46. The number of anilines is 1. The zero-order chi connectivity index (χ0) is 26.6. The summed E-state index contributed by atoms with van der Waals surface area (Å²) in [5, 5.41) is 3.46. The number of nitrogens with one attached hydrogen (secondary N) is 1. The predicted octanol–water partition coefficient (Wildman–Crippen LogP) is 7.45. The van der Waals surface area contributed by atoms with Gasteiger partial charge in [-0.2, -0.15) is 13.2 Å². The summed E-state index contributed by atoms with van der Waals surface area (Å²) in [4.78, 5) is 9.78. The average molecular weight is 511 g/mol. The number of aliphatic imine (C=N–C) groups is 1. The van der Waals surface area contributed by atoms with Gasteiger partial charge in [-0.1, -0.05) is 55.8 Å². The summed E-state index contributed by atoms with van der Waals surface area (Å²) < 4.78 is 38.9. The van der Waals surface area contributed by atoms with Gasteiger partial charge in [-0.05, 0) is 62.4 Å². The van der Waals surface area contributed by atoms with Crippen LogP contribution in [-0.4, -0.2) is 41.2 Å². The first-order valence-corrected chi connectivity index (χ1v) is 13.1. The second-order valence-corrected chi connectivity index (χ2v) is 10.1. The lowest BCUT2D eigenvalue weighted by Gasteiger charge is -2.43. The summed E-state index contributed by atoms with van der Waals surface area (Å²) in [6, 6.07) is 14.1. The number of alkyl halides is 3. The van der Waals surface area contributed by atoms with Crippen molar-refractivity contribution in [2.75, 3.05) is 25.0 Å². The van der Waals surface area contributed by atoms with Crippen LogP contribution in [0.5, 0.6) is 0 Å². The molecule has 0 bridgehead atoms. The topological polar surface area (TPSA) is 30.9 Å². The highest BCUT2D eigenvalue weighted by molar-refractivity contribution is 5.99. The maximum Gasteiger partial charge on any atom is 0.416 e. The minimum atomic E-state index is -4.33. The highest BCUT2D eigenvalue weighted by Gasteiger charge is 2.30. The molecule has 0 atom stereocenters. The fraction of sp³-hybridized carbons (Fsp3) is 0.433. The van der Waals surface area contributed by atoms with Crippen LogP contribution in [0.4, 0.5) is 18.9 Å². The first-order valence-electron chi connectivity index (χ1n) is 13.1. The SMILES string of the molecule is C=C1Nc2ccccc2CN1C1CCN(C/C(N=C(C)c2ccc(C(F)(F)F)cc2)=C(/C)CCC)CC1.